The van der Waals surface area contributed by atoms with Crippen molar-refractivity contribution in [2.75, 3.05) is 32.7 Å². The molecule has 0 unspecified atom stereocenters. The average Bonchev–Trinajstić information content (AvgIpc) is 3.24. The summed E-state index contributed by atoms with van der Waals surface area (Å²) in [5.41, 5.74) is 1.29. The molecule has 4 nitrogen and oxygen atoms in total. The number of furan rings is 1. The summed E-state index contributed by atoms with van der Waals surface area (Å²) in [6, 6.07) is 2.96. The zero-order valence-electron chi connectivity index (χ0n) is 13.5. The van der Waals surface area contributed by atoms with Crippen molar-refractivity contribution in [3.8, 4) is 0 Å². The zero-order chi connectivity index (χ0) is 14.7. The molecule has 0 amide bonds. The van der Waals surface area contributed by atoms with Gasteiger partial charge in [0.15, 0.2) is 0 Å². The molecule has 1 aromatic rings. The van der Waals surface area contributed by atoms with Crippen LogP contribution in [0.15, 0.2) is 10.5 Å². The number of piperazine rings is 1. The molecule has 0 spiro atoms. The van der Waals surface area contributed by atoms with Gasteiger partial charge in [0, 0.05) is 32.2 Å². The van der Waals surface area contributed by atoms with Crippen LogP contribution in [0.3, 0.4) is 0 Å². The molecule has 1 saturated carbocycles. The van der Waals surface area contributed by atoms with Crippen LogP contribution in [0, 0.1) is 6.92 Å². The zero-order valence-corrected chi connectivity index (χ0v) is 13.5. The van der Waals surface area contributed by atoms with Gasteiger partial charge in [0.05, 0.1) is 13.1 Å². The van der Waals surface area contributed by atoms with Gasteiger partial charge < -0.3 is 14.6 Å². The topological polar surface area (TPSA) is 31.6 Å². The molecule has 1 N–H and O–H groups in total. The van der Waals surface area contributed by atoms with E-state index < -0.39 is 0 Å². The predicted octanol–water partition coefficient (Wildman–Crippen LogP) is 2.37. The quantitative estimate of drug-likeness (QED) is 0.836. The van der Waals surface area contributed by atoms with Gasteiger partial charge in [0.25, 0.3) is 0 Å². The van der Waals surface area contributed by atoms with Gasteiger partial charge in [0.2, 0.25) is 0 Å². The van der Waals surface area contributed by atoms with Gasteiger partial charge in [-0.1, -0.05) is 6.92 Å². The Morgan fingerprint density at radius 1 is 1.19 bits per heavy atom. The van der Waals surface area contributed by atoms with Crippen LogP contribution in [0.2, 0.25) is 0 Å². The Hall–Kier alpha value is -0.840. The lowest BCUT2D eigenvalue weighted by atomic mass is 10.2. The third-order valence-electron chi connectivity index (χ3n) is 4.58. The summed E-state index contributed by atoms with van der Waals surface area (Å²) in [5, 5.41) is 3.54. The van der Waals surface area contributed by atoms with Crippen LogP contribution < -0.4 is 5.32 Å². The number of hydrogen-bond acceptors (Lipinski definition) is 4. The summed E-state index contributed by atoms with van der Waals surface area (Å²) in [6.07, 6.45) is 3.91. The molecule has 1 saturated heterocycles. The third-order valence-corrected chi connectivity index (χ3v) is 4.58. The van der Waals surface area contributed by atoms with Crippen LogP contribution in [0.25, 0.3) is 0 Å². The van der Waals surface area contributed by atoms with Crippen molar-refractivity contribution in [1.29, 1.82) is 0 Å². The van der Waals surface area contributed by atoms with Gasteiger partial charge in [-0.15, -0.1) is 0 Å². The second-order valence-corrected chi connectivity index (χ2v) is 6.59. The maximum atomic E-state index is 6.05. The Morgan fingerprint density at radius 3 is 2.57 bits per heavy atom. The fraction of sp³-hybridized carbons (Fsp3) is 0.765. The number of aryl methyl sites for hydroxylation is 1. The molecule has 2 fully saturated rings. The third kappa shape index (κ3) is 4.31. The van der Waals surface area contributed by atoms with Crippen molar-refractivity contribution < 1.29 is 4.42 Å². The number of nitrogens with one attached hydrogen (secondary N) is 1. The largest absolute Gasteiger partial charge is 0.463 e. The molecule has 4 heteroatoms. The number of nitrogens with zero attached hydrogens (tertiary/aromatic N) is 2. The lowest BCUT2D eigenvalue weighted by Crippen LogP contribution is -2.45. The van der Waals surface area contributed by atoms with E-state index in [0.29, 0.717) is 0 Å². The maximum absolute atomic E-state index is 6.05. The first-order valence-corrected chi connectivity index (χ1v) is 8.51. The van der Waals surface area contributed by atoms with E-state index >= 15 is 0 Å². The highest BCUT2D eigenvalue weighted by Gasteiger charge is 2.22. The Labute approximate surface area is 128 Å². The van der Waals surface area contributed by atoms with Crippen molar-refractivity contribution in [3.05, 3.63) is 23.2 Å². The van der Waals surface area contributed by atoms with Gasteiger partial charge in [-0.25, -0.2) is 0 Å². The summed E-state index contributed by atoms with van der Waals surface area (Å²) < 4.78 is 6.05. The smallest absolute Gasteiger partial charge is 0.120 e. The molecule has 0 radical (unpaired) electrons. The minimum Gasteiger partial charge on any atom is -0.463 e. The van der Waals surface area contributed by atoms with Gasteiger partial charge in [0.1, 0.15) is 11.5 Å². The van der Waals surface area contributed by atoms with Crippen LogP contribution in [-0.4, -0.2) is 48.6 Å². The lowest BCUT2D eigenvalue weighted by Gasteiger charge is -2.33. The molecule has 0 aromatic carbocycles. The van der Waals surface area contributed by atoms with E-state index in [1.807, 2.05) is 0 Å². The highest BCUT2D eigenvalue weighted by molar-refractivity contribution is 5.20. The van der Waals surface area contributed by atoms with Crippen LogP contribution in [0.4, 0.5) is 0 Å². The van der Waals surface area contributed by atoms with Crippen LogP contribution in [0.1, 0.15) is 43.3 Å². The normalized spacial score (nSPS) is 21.0. The maximum Gasteiger partial charge on any atom is 0.120 e. The molecule has 1 aromatic heterocycles. The van der Waals surface area contributed by atoms with Crippen LogP contribution in [-0.2, 0) is 13.1 Å². The Kier molecular flexibility index (Phi) is 4.99. The lowest BCUT2D eigenvalue weighted by molar-refractivity contribution is 0.120. The summed E-state index contributed by atoms with van der Waals surface area (Å²) in [4.78, 5) is 5.08. The SMILES string of the molecule is CCCN1CCN(Cc2cc(C)c(CNC3CC3)o2)CC1. The van der Waals surface area contributed by atoms with Crippen molar-refractivity contribution in [2.45, 2.75) is 52.2 Å². The van der Waals surface area contributed by atoms with Crippen molar-refractivity contribution >= 4 is 0 Å². The molecule has 21 heavy (non-hydrogen) atoms. The minimum atomic E-state index is 0.740. The predicted molar refractivity (Wildman–Crippen MR) is 85.3 cm³/mol. The Morgan fingerprint density at radius 2 is 1.90 bits per heavy atom. The molecule has 3 rings (SSSR count). The van der Waals surface area contributed by atoms with Gasteiger partial charge in [-0.05, 0) is 44.4 Å². The first-order chi connectivity index (χ1) is 10.2. The first-order valence-electron chi connectivity index (χ1n) is 8.51. The van der Waals surface area contributed by atoms with Crippen molar-refractivity contribution in [3.63, 3.8) is 0 Å². The monoisotopic (exact) mass is 291 g/mol. The van der Waals surface area contributed by atoms with Gasteiger partial charge in [-0.3, -0.25) is 4.90 Å². The first kappa shape index (κ1) is 15.1. The second kappa shape index (κ2) is 6.95. The number of rotatable bonds is 7. The average molecular weight is 291 g/mol. The van der Waals surface area contributed by atoms with E-state index in [1.165, 1.54) is 44.5 Å². The fourth-order valence-electron chi connectivity index (χ4n) is 3.08. The fourth-order valence-corrected chi connectivity index (χ4v) is 3.08. The van der Waals surface area contributed by atoms with E-state index in [4.69, 9.17) is 4.42 Å². The molecule has 0 atom stereocenters. The van der Waals surface area contributed by atoms with Crippen LogP contribution in [0.5, 0.6) is 0 Å². The molecular formula is C17H29N3O. The van der Waals surface area contributed by atoms with E-state index in [9.17, 15) is 0 Å². The molecular weight excluding hydrogens is 262 g/mol. The summed E-state index contributed by atoms with van der Waals surface area (Å²) in [5.74, 6) is 2.26. The molecule has 2 heterocycles. The standard InChI is InChI=1S/C17H29N3O/c1-3-6-19-7-9-20(10-8-19)13-16-11-14(2)17(21-16)12-18-15-4-5-15/h11,15,18H,3-10,12-13H2,1-2H3. The summed E-state index contributed by atoms with van der Waals surface area (Å²) in [6.45, 7) is 12.2. The molecule has 2 aliphatic rings. The molecule has 118 valence electrons. The molecule has 0 bridgehead atoms. The summed E-state index contributed by atoms with van der Waals surface area (Å²) >= 11 is 0. The van der Waals surface area contributed by atoms with Gasteiger partial charge in [-0.2, -0.15) is 0 Å². The van der Waals surface area contributed by atoms with E-state index in [2.05, 4.69) is 35.0 Å². The Bertz CT molecular complexity index is 445. The summed E-state index contributed by atoms with van der Waals surface area (Å²) in [7, 11) is 0. The van der Waals surface area contributed by atoms with Crippen LogP contribution >= 0.6 is 0 Å². The number of hydrogen-bond donors (Lipinski definition) is 1. The van der Waals surface area contributed by atoms with E-state index in [1.54, 1.807) is 0 Å². The minimum absolute atomic E-state index is 0.740. The van der Waals surface area contributed by atoms with E-state index in [0.717, 1.165) is 43.7 Å². The molecule has 1 aliphatic carbocycles. The highest BCUT2D eigenvalue weighted by Crippen LogP contribution is 2.22. The second-order valence-electron chi connectivity index (χ2n) is 6.59. The van der Waals surface area contributed by atoms with E-state index in [-0.39, 0.29) is 0 Å². The molecule has 1 aliphatic heterocycles. The van der Waals surface area contributed by atoms with Crippen molar-refractivity contribution in [1.82, 2.24) is 15.1 Å². The van der Waals surface area contributed by atoms with Gasteiger partial charge >= 0.3 is 0 Å². The Balaban J connectivity index is 1.47. The van der Waals surface area contributed by atoms with Crippen molar-refractivity contribution in [2.24, 2.45) is 0 Å². The highest BCUT2D eigenvalue weighted by atomic mass is 16.3.